The molecule has 0 aliphatic heterocycles. The molecule has 0 aliphatic carbocycles. The van der Waals surface area contributed by atoms with Gasteiger partial charge in [-0.15, -0.1) is 0 Å². The molecule has 1 aromatic carbocycles. The number of benzene rings is 1. The Hall–Kier alpha value is -3.66. The van der Waals surface area contributed by atoms with Crippen molar-refractivity contribution in [1.29, 1.82) is 0 Å². The Bertz CT molecular complexity index is 1130. The molecule has 2 heterocycles. The number of unbranched alkanes of at least 4 members (excludes halogenated alkanes) is 1. The van der Waals surface area contributed by atoms with Gasteiger partial charge in [0.25, 0.3) is 5.91 Å². The van der Waals surface area contributed by atoms with Crippen LogP contribution in [0.15, 0.2) is 73.1 Å². The second kappa shape index (κ2) is 19.4. The zero-order valence-corrected chi connectivity index (χ0v) is 24.1. The largest absolute Gasteiger partial charge is 0.381 e. The monoisotopic (exact) mass is 560 g/mol. The molecule has 0 saturated heterocycles. The van der Waals surface area contributed by atoms with Crippen LogP contribution >= 0.6 is 0 Å². The van der Waals surface area contributed by atoms with Gasteiger partial charge in [-0.3, -0.25) is 19.6 Å². The van der Waals surface area contributed by atoms with E-state index in [0.717, 1.165) is 49.2 Å². The van der Waals surface area contributed by atoms with Crippen LogP contribution in [0.25, 0.3) is 0 Å². The van der Waals surface area contributed by atoms with E-state index in [0.29, 0.717) is 51.3 Å². The van der Waals surface area contributed by atoms with Gasteiger partial charge in [0.05, 0.1) is 11.4 Å². The Morgan fingerprint density at radius 1 is 0.780 bits per heavy atom. The number of ether oxygens (including phenoxy) is 1. The first-order valence-corrected chi connectivity index (χ1v) is 14.6. The van der Waals surface area contributed by atoms with Crippen molar-refractivity contribution in [2.75, 3.05) is 26.3 Å². The average molecular weight is 561 g/mol. The predicted molar refractivity (Wildman–Crippen MR) is 161 cm³/mol. The highest BCUT2D eigenvalue weighted by molar-refractivity contribution is 5.97. The van der Waals surface area contributed by atoms with Crippen molar-refractivity contribution in [3.8, 4) is 0 Å². The Kier molecular flexibility index (Phi) is 15.1. The first kappa shape index (κ1) is 31.9. The number of carbonyl (C=O) groups excluding carboxylic acids is 2. The van der Waals surface area contributed by atoms with E-state index in [1.165, 1.54) is 0 Å². The molecule has 2 aromatic heterocycles. The second-order valence-corrected chi connectivity index (χ2v) is 9.90. The summed E-state index contributed by atoms with van der Waals surface area (Å²) in [4.78, 5) is 34.7. The van der Waals surface area contributed by atoms with Gasteiger partial charge in [0.2, 0.25) is 5.91 Å². The van der Waals surface area contributed by atoms with Crippen molar-refractivity contribution in [3.05, 3.63) is 95.6 Å². The summed E-state index contributed by atoms with van der Waals surface area (Å²) in [5.41, 5.74) is 3.52. The van der Waals surface area contributed by atoms with Gasteiger partial charge in [-0.2, -0.15) is 0 Å². The summed E-state index contributed by atoms with van der Waals surface area (Å²) in [6.45, 7) is 6.69. The van der Waals surface area contributed by atoms with Gasteiger partial charge in [0.1, 0.15) is 6.04 Å². The van der Waals surface area contributed by atoms with Gasteiger partial charge in [0, 0.05) is 57.3 Å². The summed E-state index contributed by atoms with van der Waals surface area (Å²) >= 11 is 0. The first-order valence-electron chi connectivity index (χ1n) is 14.6. The molecular formula is C32H44N6O3. The minimum atomic E-state index is -0.625. The molecule has 3 aromatic rings. The van der Waals surface area contributed by atoms with E-state index < -0.39 is 6.04 Å². The molecule has 0 bridgehead atoms. The fraction of sp³-hybridized carbons (Fsp3) is 0.438. The maximum atomic E-state index is 13.1. The smallest absolute Gasteiger partial charge is 0.251 e. The molecule has 0 fully saturated rings. The van der Waals surface area contributed by atoms with Gasteiger partial charge in [-0.05, 0) is 74.2 Å². The molecule has 2 amide bonds. The average Bonchev–Trinajstić information content (AvgIpc) is 3.01. The van der Waals surface area contributed by atoms with Crippen molar-refractivity contribution in [3.63, 3.8) is 0 Å². The van der Waals surface area contributed by atoms with E-state index in [1.807, 2.05) is 48.5 Å². The molecule has 0 radical (unpaired) electrons. The van der Waals surface area contributed by atoms with Gasteiger partial charge < -0.3 is 26.0 Å². The lowest BCUT2D eigenvalue weighted by Crippen LogP contribution is -2.47. The molecule has 9 heteroatoms. The summed E-state index contributed by atoms with van der Waals surface area (Å²) in [6, 6.07) is 18.5. The number of hydrogen-bond donors (Lipinski definition) is 4. The maximum Gasteiger partial charge on any atom is 0.251 e. The molecule has 41 heavy (non-hydrogen) atoms. The highest BCUT2D eigenvalue weighted by atomic mass is 16.5. The molecule has 220 valence electrons. The van der Waals surface area contributed by atoms with Crippen LogP contribution in [-0.2, 0) is 29.2 Å². The number of rotatable bonds is 20. The maximum absolute atomic E-state index is 13.1. The molecule has 0 saturated carbocycles. The quantitative estimate of drug-likeness (QED) is 0.156. The highest BCUT2D eigenvalue weighted by Gasteiger charge is 2.21. The van der Waals surface area contributed by atoms with Gasteiger partial charge in [-0.25, -0.2) is 0 Å². The third kappa shape index (κ3) is 13.0. The summed E-state index contributed by atoms with van der Waals surface area (Å²) in [6.07, 6.45) is 7.67. The standard InChI is InChI=1S/C32H44N6O3/c1-2-3-21-41-22-9-20-37-32(40)30(12-8-17-33-24-28-10-4-6-18-35-28)38-31(39)27-15-13-26(14-16-27)23-34-25-29-11-5-7-19-36-29/h4-7,10-11,13-16,18-19,30,33-34H,2-3,8-9,12,17,20-25H2,1H3,(H,37,40)(H,38,39)/t30-/m0/s1. The fourth-order valence-electron chi connectivity index (χ4n) is 4.13. The zero-order valence-electron chi connectivity index (χ0n) is 24.1. The third-order valence-electron chi connectivity index (χ3n) is 6.48. The predicted octanol–water partition coefficient (Wildman–Crippen LogP) is 3.76. The molecule has 3 rings (SSSR count). The summed E-state index contributed by atoms with van der Waals surface area (Å²) in [5.74, 6) is -0.436. The van der Waals surface area contributed by atoms with Crippen molar-refractivity contribution < 1.29 is 14.3 Å². The van der Waals surface area contributed by atoms with Crippen LogP contribution in [0.5, 0.6) is 0 Å². The highest BCUT2D eigenvalue weighted by Crippen LogP contribution is 2.07. The minimum absolute atomic E-state index is 0.174. The normalized spacial score (nSPS) is 11.6. The molecule has 0 unspecified atom stereocenters. The molecular weight excluding hydrogens is 516 g/mol. The number of carbonyl (C=O) groups is 2. The fourth-order valence-corrected chi connectivity index (χ4v) is 4.13. The number of nitrogens with zero attached hydrogens (tertiary/aromatic N) is 2. The summed E-state index contributed by atoms with van der Waals surface area (Å²) in [7, 11) is 0. The molecule has 0 spiro atoms. The topological polar surface area (TPSA) is 117 Å². The molecule has 9 nitrogen and oxygen atoms in total. The van der Waals surface area contributed by atoms with Gasteiger partial charge in [-0.1, -0.05) is 37.6 Å². The number of hydrogen-bond acceptors (Lipinski definition) is 7. The van der Waals surface area contributed by atoms with Crippen molar-refractivity contribution >= 4 is 11.8 Å². The number of aromatic nitrogens is 2. The van der Waals surface area contributed by atoms with Crippen LogP contribution in [0.1, 0.15) is 66.3 Å². The minimum Gasteiger partial charge on any atom is -0.381 e. The number of nitrogens with one attached hydrogen (secondary N) is 4. The summed E-state index contributed by atoms with van der Waals surface area (Å²) < 4.78 is 5.58. The lowest BCUT2D eigenvalue weighted by atomic mass is 10.1. The third-order valence-corrected chi connectivity index (χ3v) is 6.48. The van der Waals surface area contributed by atoms with Crippen LogP contribution in [0.4, 0.5) is 0 Å². The molecule has 4 N–H and O–H groups in total. The van der Waals surface area contributed by atoms with E-state index in [9.17, 15) is 9.59 Å². The van der Waals surface area contributed by atoms with Crippen molar-refractivity contribution in [2.45, 2.75) is 64.7 Å². The Morgan fingerprint density at radius 3 is 2.12 bits per heavy atom. The van der Waals surface area contributed by atoms with E-state index in [1.54, 1.807) is 24.5 Å². The van der Waals surface area contributed by atoms with Gasteiger partial charge >= 0.3 is 0 Å². The zero-order chi connectivity index (χ0) is 29.0. The van der Waals surface area contributed by atoms with E-state index in [-0.39, 0.29) is 11.8 Å². The number of pyridine rings is 2. The van der Waals surface area contributed by atoms with E-state index >= 15 is 0 Å². The van der Waals surface area contributed by atoms with Crippen LogP contribution < -0.4 is 21.3 Å². The Labute approximate surface area is 243 Å². The molecule has 0 aliphatic rings. The first-order chi connectivity index (χ1) is 20.2. The van der Waals surface area contributed by atoms with E-state index in [2.05, 4.69) is 38.2 Å². The van der Waals surface area contributed by atoms with Crippen molar-refractivity contribution in [2.24, 2.45) is 0 Å². The molecule has 1 atom stereocenters. The van der Waals surface area contributed by atoms with E-state index in [4.69, 9.17) is 4.74 Å². The van der Waals surface area contributed by atoms with Crippen LogP contribution in [0.3, 0.4) is 0 Å². The second-order valence-electron chi connectivity index (χ2n) is 9.90. The van der Waals surface area contributed by atoms with Crippen LogP contribution in [0.2, 0.25) is 0 Å². The Balaban J connectivity index is 1.46. The van der Waals surface area contributed by atoms with Crippen LogP contribution in [0, 0.1) is 0 Å². The SMILES string of the molecule is CCCCOCCCNC(=O)[C@H](CCCNCc1ccccn1)NC(=O)c1ccc(CNCc2ccccn2)cc1. The lowest BCUT2D eigenvalue weighted by molar-refractivity contribution is -0.123. The summed E-state index contributed by atoms with van der Waals surface area (Å²) in [5, 5.41) is 12.6. The number of amides is 2. The van der Waals surface area contributed by atoms with Crippen LogP contribution in [-0.4, -0.2) is 54.1 Å². The Morgan fingerprint density at radius 2 is 1.46 bits per heavy atom. The lowest BCUT2D eigenvalue weighted by Gasteiger charge is -2.19. The van der Waals surface area contributed by atoms with Gasteiger partial charge in [0.15, 0.2) is 0 Å². The van der Waals surface area contributed by atoms with Crippen molar-refractivity contribution in [1.82, 2.24) is 31.2 Å².